The van der Waals surface area contributed by atoms with Gasteiger partial charge in [-0.25, -0.2) is 9.13 Å². The van der Waals surface area contributed by atoms with Crippen LogP contribution in [0.5, 0.6) is 0 Å². The Morgan fingerprint density at radius 3 is 0.723 bits per heavy atom. The highest BCUT2D eigenvalue weighted by Gasteiger charge is 2.29. The molecule has 0 saturated heterocycles. The molecule has 5 atom stereocenters. The molecule has 0 heterocycles. The van der Waals surface area contributed by atoms with Crippen LogP contribution in [0, 0.1) is 0 Å². The zero-order valence-electron chi connectivity index (χ0n) is 74.7. The second-order valence-electron chi connectivity index (χ2n) is 30.7. The fourth-order valence-electron chi connectivity index (χ4n) is 12.3. The first-order valence-corrected chi connectivity index (χ1v) is 49.7. The number of esters is 3. The number of rotatable bonds is 87. The quantitative estimate of drug-likeness (QED) is 0.0146. The third-order valence-corrected chi connectivity index (χ3v) is 21.2. The van der Waals surface area contributed by atoms with E-state index in [1.807, 2.05) is 0 Å². The van der Waals surface area contributed by atoms with E-state index in [2.05, 4.69) is 215 Å². The van der Waals surface area contributed by atoms with Crippen molar-refractivity contribution >= 4 is 33.6 Å². The molecule has 0 spiro atoms. The maximum Gasteiger partial charge on any atom is 0.472 e. The Kier molecular flexibility index (Phi) is 87.3. The summed E-state index contributed by atoms with van der Waals surface area (Å²) in [6.45, 7) is 2.39. The molecule has 0 aromatic heterocycles. The van der Waals surface area contributed by atoms with Gasteiger partial charge in [0, 0.05) is 19.3 Å². The summed E-state index contributed by atoms with van der Waals surface area (Å²) in [6, 6.07) is 0. The summed E-state index contributed by atoms with van der Waals surface area (Å²) in [4.78, 5) is 59.0. The van der Waals surface area contributed by atoms with E-state index in [1.165, 1.54) is 135 Å². The highest BCUT2D eigenvalue weighted by molar-refractivity contribution is 7.47. The van der Waals surface area contributed by atoms with Gasteiger partial charge in [-0.05, 0) is 167 Å². The van der Waals surface area contributed by atoms with Crippen LogP contribution < -0.4 is 0 Å². The van der Waals surface area contributed by atoms with Crippen LogP contribution in [-0.4, -0.2) is 95.9 Å². The minimum atomic E-state index is -4.96. The molecule has 0 fully saturated rings. The summed E-state index contributed by atoms with van der Waals surface area (Å²) < 4.78 is 61.4. The standard InChI is InChI=1S/C101H168O16P2/c1-4-7-10-13-16-19-22-25-28-31-34-37-39-41-43-44-45-46-47-48-49-50-52-54-55-58-60-63-66-69-72-75-78-81-84-87-99(104)111-90-96(102)91-113-118(107,108)114-92-97(103)93-115-119(109,110)116-95-98(117-101(106)89-86-83-80-77-74-71-68-65-62-57-36-33-30-27-24-21-18-15-12-9-6-3)94-112-100(105)88-85-82-79-76-73-70-67-64-61-59-56-53-51-42-40-38-35-32-29-26-23-20-17-14-11-8-5-2/h8-9,11-12,16-21,25-30,34-38,41-43,51,56-57,59,65,68,74,77,96-98,102-103H,4-7,10,13-15,22-24,31-33,39-40,44-50,52-55,58,60-64,66-67,69-73,75-76,78-95H2,1-3H3,(H,107,108)(H,109,110)/b11-8-,12-9-,19-16-,20-17-,21-18-,28-25-,29-26-,30-27-,37-34-,38-35-,43-41-,51-42-,57-36-,59-56-,68-65-,77-74-. The topological polar surface area (TPSA) is 231 Å². The lowest BCUT2D eigenvalue weighted by atomic mass is 10.0. The number of carbonyl (C=O) groups excluding carboxylic acids is 3. The third-order valence-electron chi connectivity index (χ3n) is 19.3. The van der Waals surface area contributed by atoms with Gasteiger partial charge in [0.15, 0.2) is 6.10 Å². The number of allylic oxidation sites excluding steroid dienone is 32. The van der Waals surface area contributed by atoms with Gasteiger partial charge in [-0.15, -0.1) is 0 Å². The van der Waals surface area contributed by atoms with Crippen LogP contribution in [0.2, 0.25) is 0 Å². The number of phosphoric ester groups is 2. The van der Waals surface area contributed by atoms with E-state index in [4.69, 9.17) is 32.3 Å². The maximum atomic E-state index is 13.0. The van der Waals surface area contributed by atoms with Crippen molar-refractivity contribution in [2.24, 2.45) is 0 Å². The lowest BCUT2D eigenvalue weighted by Gasteiger charge is -2.21. The molecule has 0 aliphatic heterocycles. The molecule has 0 bridgehead atoms. The summed E-state index contributed by atoms with van der Waals surface area (Å²) in [6.07, 6.45) is 122. The van der Waals surface area contributed by atoms with Gasteiger partial charge < -0.3 is 34.2 Å². The van der Waals surface area contributed by atoms with Crippen molar-refractivity contribution in [1.82, 2.24) is 0 Å². The van der Waals surface area contributed by atoms with Gasteiger partial charge in [-0.1, -0.05) is 376 Å². The molecule has 0 aliphatic rings. The van der Waals surface area contributed by atoms with E-state index in [-0.39, 0.29) is 19.3 Å². The second kappa shape index (κ2) is 91.6. The first-order chi connectivity index (χ1) is 58.2. The predicted octanol–water partition coefficient (Wildman–Crippen LogP) is 29.0. The van der Waals surface area contributed by atoms with Crippen molar-refractivity contribution in [2.45, 2.75) is 386 Å². The number of aliphatic hydroxyl groups is 2. The summed E-state index contributed by atoms with van der Waals surface area (Å²) in [5, 5.41) is 20.7. The van der Waals surface area contributed by atoms with E-state index in [0.717, 1.165) is 167 Å². The molecule has 119 heavy (non-hydrogen) atoms. The smallest absolute Gasteiger partial charge is 0.463 e. The van der Waals surface area contributed by atoms with Gasteiger partial charge in [0.2, 0.25) is 0 Å². The number of carbonyl (C=O) groups is 3. The number of aliphatic hydroxyl groups excluding tert-OH is 2. The average Bonchev–Trinajstić information content (AvgIpc) is 0.903. The molecule has 5 unspecified atom stereocenters. The van der Waals surface area contributed by atoms with Crippen LogP contribution in [0.15, 0.2) is 194 Å². The van der Waals surface area contributed by atoms with Crippen LogP contribution in [0.3, 0.4) is 0 Å². The van der Waals surface area contributed by atoms with E-state index >= 15 is 0 Å². The normalized spacial score (nSPS) is 14.6. The minimum Gasteiger partial charge on any atom is -0.463 e. The molecule has 0 aromatic carbocycles. The highest BCUT2D eigenvalue weighted by Crippen LogP contribution is 2.45. The Bertz CT molecular complexity index is 2940. The maximum absolute atomic E-state index is 13.0. The number of unbranched alkanes of at least 4 members (excludes halogenated alkanes) is 32. The van der Waals surface area contributed by atoms with Crippen molar-refractivity contribution < 1.29 is 75.8 Å². The molecule has 0 amide bonds. The first-order valence-electron chi connectivity index (χ1n) is 46.7. The van der Waals surface area contributed by atoms with Gasteiger partial charge in [0.25, 0.3) is 0 Å². The molecule has 0 radical (unpaired) electrons. The number of hydrogen-bond donors (Lipinski definition) is 4. The molecule has 4 N–H and O–H groups in total. The molecule has 0 aliphatic carbocycles. The Balaban J connectivity index is 4.58. The number of hydrogen-bond acceptors (Lipinski definition) is 14. The molecule has 0 rings (SSSR count). The summed E-state index contributed by atoms with van der Waals surface area (Å²) in [5.74, 6) is -1.64. The first kappa shape index (κ1) is 113. The van der Waals surface area contributed by atoms with E-state index in [1.54, 1.807) is 0 Å². The van der Waals surface area contributed by atoms with Gasteiger partial charge in [0.1, 0.15) is 25.4 Å². The van der Waals surface area contributed by atoms with E-state index in [9.17, 15) is 43.5 Å². The summed E-state index contributed by atoms with van der Waals surface area (Å²) in [5.41, 5.74) is 0. The van der Waals surface area contributed by atoms with Gasteiger partial charge in [-0.2, -0.15) is 0 Å². The number of phosphoric acid groups is 2. The van der Waals surface area contributed by atoms with Crippen LogP contribution >= 0.6 is 15.6 Å². The Morgan fingerprint density at radius 2 is 0.445 bits per heavy atom. The summed E-state index contributed by atoms with van der Waals surface area (Å²) in [7, 11) is -9.84. The monoisotopic (exact) mass is 1700 g/mol. The van der Waals surface area contributed by atoms with Crippen LogP contribution in [0.25, 0.3) is 0 Å². The highest BCUT2D eigenvalue weighted by atomic mass is 31.2. The Labute approximate surface area is 725 Å². The SMILES string of the molecule is CC/C=C\C/C=C\C/C=C\C/C=C\C/C=C\C/C=C\CCCCCCCCCCC(=O)OCC(COP(=O)(O)OCC(O)COP(=O)(O)OCC(O)COC(=O)CCCCCCCCCCCCCCCCCCCCC/C=C\C/C=C\C/C=C\C/C=C\CCCCC)OC(=O)CCCC/C=C\C/C=C\C/C=C\C/C=C\C/C=C\C/C=C\CC. The lowest BCUT2D eigenvalue weighted by Crippen LogP contribution is -2.30. The molecule has 18 heteroatoms. The molecule has 0 aromatic rings. The van der Waals surface area contributed by atoms with E-state index in [0.29, 0.717) is 25.7 Å². The van der Waals surface area contributed by atoms with Crippen LogP contribution in [0.4, 0.5) is 0 Å². The van der Waals surface area contributed by atoms with Crippen LogP contribution in [-0.2, 0) is 55.8 Å². The van der Waals surface area contributed by atoms with Crippen molar-refractivity contribution in [3.63, 3.8) is 0 Å². The number of ether oxygens (including phenoxy) is 3. The molecular weight excluding hydrogens is 1530 g/mol. The molecular formula is C101H168O16P2. The molecule has 678 valence electrons. The predicted molar refractivity (Wildman–Crippen MR) is 500 cm³/mol. The van der Waals surface area contributed by atoms with Crippen molar-refractivity contribution in [3.8, 4) is 0 Å². The minimum absolute atomic E-state index is 0.0404. The fraction of sp³-hybridized carbons (Fsp3) is 0.653. The Hall–Kier alpha value is -5.61. The lowest BCUT2D eigenvalue weighted by molar-refractivity contribution is -0.161. The van der Waals surface area contributed by atoms with Gasteiger partial charge in [0.05, 0.1) is 26.4 Å². The molecule has 16 nitrogen and oxygen atoms in total. The van der Waals surface area contributed by atoms with Gasteiger partial charge >= 0.3 is 33.6 Å². The molecule has 0 saturated carbocycles. The Morgan fingerprint density at radius 1 is 0.244 bits per heavy atom. The van der Waals surface area contributed by atoms with Crippen molar-refractivity contribution in [3.05, 3.63) is 194 Å². The summed E-state index contributed by atoms with van der Waals surface area (Å²) >= 11 is 0. The van der Waals surface area contributed by atoms with Crippen LogP contribution in [0.1, 0.15) is 367 Å². The third kappa shape index (κ3) is 92.9. The fourth-order valence-corrected chi connectivity index (χ4v) is 13.9. The van der Waals surface area contributed by atoms with Crippen molar-refractivity contribution in [1.29, 1.82) is 0 Å². The zero-order chi connectivity index (χ0) is 86.5. The van der Waals surface area contributed by atoms with E-state index < -0.39 is 91.5 Å². The van der Waals surface area contributed by atoms with Gasteiger partial charge in [-0.3, -0.25) is 32.5 Å². The second-order valence-corrected chi connectivity index (χ2v) is 33.6. The average molecular weight is 1700 g/mol. The van der Waals surface area contributed by atoms with Crippen molar-refractivity contribution in [2.75, 3.05) is 39.6 Å². The largest absolute Gasteiger partial charge is 0.472 e. The zero-order valence-corrected chi connectivity index (χ0v) is 76.5.